The van der Waals surface area contributed by atoms with Gasteiger partial charge in [-0.2, -0.15) is 9.78 Å². The number of ether oxygens (including phenoxy) is 1. The lowest BCUT2D eigenvalue weighted by Gasteiger charge is -2.26. The molecule has 0 aliphatic carbocycles. The van der Waals surface area contributed by atoms with Gasteiger partial charge in [0.25, 0.3) is 0 Å². The molecule has 0 unspecified atom stereocenters. The van der Waals surface area contributed by atoms with E-state index in [1.807, 2.05) is 0 Å². The van der Waals surface area contributed by atoms with Crippen LogP contribution in [0.25, 0.3) is 5.82 Å². The molecular weight excluding hydrogens is 411 g/mol. The fourth-order valence-electron chi connectivity index (χ4n) is 3.39. The zero-order valence-corrected chi connectivity index (χ0v) is 15.6. The van der Waals surface area contributed by atoms with E-state index in [2.05, 4.69) is 25.3 Å². The molecular formula is C18H13ClF3N5O2. The number of hydrogen-bond acceptors (Lipinski definition) is 5. The van der Waals surface area contributed by atoms with Crippen LogP contribution in [0.5, 0.6) is 5.75 Å². The zero-order chi connectivity index (χ0) is 20.8. The van der Waals surface area contributed by atoms with Gasteiger partial charge in [-0.15, -0.1) is 23.4 Å². The molecule has 3 aromatic rings. The molecule has 0 saturated carbocycles. The molecule has 1 aromatic carbocycles. The maximum atomic E-state index is 12.9. The number of alkyl halides is 3. The SMILES string of the molecule is Cc1nn(-c2ccc(Cl)nn2)c2c1[C@H](c1ccccc1OC(F)(F)F)CC(=O)N2. The third-order valence-electron chi connectivity index (χ3n) is 4.46. The van der Waals surface area contributed by atoms with Crippen molar-refractivity contribution in [1.82, 2.24) is 20.0 Å². The second-order valence-electron chi connectivity index (χ2n) is 6.36. The first kappa shape index (κ1) is 19.2. The molecule has 150 valence electrons. The number of halogens is 4. The number of para-hydroxylation sites is 1. The Kier molecular flexibility index (Phi) is 4.65. The third-order valence-corrected chi connectivity index (χ3v) is 4.66. The minimum absolute atomic E-state index is 0.0515. The van der Waals surface area contributed by atoms with Gasteiger partial charge >= 0.3 is 6.36 Å². The van der Waals surface area contributed by atoms with Gasteiger partial charge < -0.3 is 10.1 Å². The van der Waals surface area contributed by atoms with Crippen molar-refractivity contribution < 1.29 is 22.7 Å². The van der Waals surface area contributed by atoms with Crippen LogP contribution in [0.4, 0.5) is 19.0 Å². The van der Waals surface area contributed by atoms with Crippen molar-refractivity contribution in [3.05, 3.63) is 58.4 Å². The Hall–Kier alpha value is -3.14. The molecule has 4 rings (SSSR count). The average molecular weight is 424 g/mol. The lowest BCUT2D eigenvalue weighted by atomic mass is 9.85. The van der Waals surface area contributed by atoms with Crippen molar-refractivity contribution in [2.75, 3.05) is 5.32 Å². The smallest absolute Gasteiger partial charge is 0.405 e. The number of aromatic nitrogens is 4. The minimum Gasteiger partial charge on any atom is -0.405 e. The van der Waals surface area contributed by atoms with Gasteiger partial charge in [-0.1, -0.05) is 29.8 Å². The second kappa shape index (κ2) is 7.03. The van der Waals surface area contributed by atoms with Gasteiger partial charge in [0.05, 0.1) is 5.69 Å². The summed E-state index contributed by atoms with van der Waals surface area (Å²) < 4.78 is 44.1. The molecule has 1 aliphatic rings. The number of hydrogen-bond donors (Lipinski definition) is 1. The molecule has 1 amide bonds. The number of amides is 1. The second-order valence-corrected chi connectivity index (χ2v) is 6.75. The fraction of sp³-hybridized carbons (Fsp3) is 0.222. The summed E-state index contributed by atoms with van der Waals surface area (Å²) in [6.45, 7) is 1.70. The van der Waals surface area contributed by atoms with E-state index in [1.54, 1.807) is 19.1 Å². The summed E-state index contributed by atoms with van der Waals surface area (Å²) in [6.07, 6.45) is -4.90. The van der Waals surface area contributed by atoms with E-state index >= 15 is 0 Å². The zero-order valence-electron chi connectivity index (χ0n) is 14.9. The molecule has 0 spiro atoms. The van der Waals surface area contributed by atoms with E-state index in [0.29, 0.717) is 22.9 Å². The summed E-state index contributed by atoms with van der Waals surface area (Å²) >= 11 is 5.77. The molecule has 0 saturated heterocycles. The number of nitrogens with one attached hydrogen (secondary N) is 1. The predicted octanol–water partition coefficient (Wildman–Crippen LogP) is 4.00. The number of anilines is 1. The molecule has 1 atom stereocenters. The summed E-state index contributed by atoms with van der Waals surface area (Å²) in [5, 5.41) is 15.0. The number of fused-ring (bicyclic) bond motifs is 1. The Morgan fingerprint density at radius 1 is 1.21 bits per heavy atom. The largest absolute Gasteiger partial charge is 0.573 e. The molecule has 1 N–H and O–H groups in total. The maximum Gasteiger partial charge on any atom is 0.573 e. The third kappa shape index (κ3) is 3.75. The highest BCUT2D eigenvalue weighted by Crippen LogP contribution is 2.43. The fourth-order valence-corrected chi connectivity index (χ4v) is 3.49. The van der Waals surface area contributed by atoms with Crippen molar-refractivity contribution in [3.8, 4) is 11.6 Å². The summed E-state index contributed by atoms with van der Waals surface area (Å²) in [6, 6.07) is 8.84. The number of nitrogens with zero attached hydrogens (tertiary/aromatic N) is 4. The number of rotatable bonds is 3. The van der Waals surface area contributed by atoms with Crippen molar-refractivity contribution in [2.45, 2.75) is 25.6 Å². The Bertz CT molecular complexity index is 1080. The summed E-state index contributed by atoms with van der Waals surface area (Å²) in [7, 11) is 0. The first-order valence-electron chi connectivity index (χ1n) is 8.46. The molecule has 3 heterocycles. The monoisotopic (exact) mass is 423 g/mol. The van der Waals surface area contributed by atoms with Gasteiger partial charge in [-0.05, 0) is 25.1 Å². The number of aryl methyl sites for hydroxylation is 1. The van der Waals surface area contributed by atoms with E-state index in [0.717, 1.165) is 0 Å². The highest BCUT2D eigenvalue weighted by atomic mass is 35.5. The quantitative estimate of drug-likeness (QED) is 0.688. The first-order chi connectivity index (χ1) is 13.7. The number of carbonyl (C=O) groups excluding carboxylic acids is 1. The summed E-state index contributed by atoms with van der Waals surface area (Å²) in [4.78, 5) is 12.4. The Morgan fingerprint density at radius 3 is 2.66 bits per heavy atom. The first-order valence-corrected chi connectivity index (χ1v) is 8.84. The van der Waals surface area contributed by atoms with Gasteiger partial charge in [0.2, 0.25) is 5.91 Å². The van der Waals surface area contributed by atoms with E-state index < -0.39 is 12.3 Å². The molecule has 2 aromatic heterocycles. The average Bonchev–Trinajstić information content (AvgIpc) is 2.97. The van der Waals surface area contributed by atoms with Crippen LogP contribution in [-0.2, 0) is 4.79 Å². The lowest BCUT2D eigenvalue weighted by Crippen LogP contribution is -2.26. The van der Waals surface area contributed by atoms with E-state index in [-0.39, 0.29) is 28.8 Å². The summed E-state index contributed by atoms with van der Waals surface area (Å²) in [5.41, 5.74) is 1.36. The highest BCUT2D eigenvalue weighted by Gasteiger charge is 2.37. The molecule has 0 fully saturated rings. The van der Waals surface area contributed by atoms with Crippen molar-refractivity contribution in [1.29, 1.82) is 0 Å². The molecule has 29 heavy (non-hydrogen) atoms. The Morgan fingerprint density at radius 2 is 1.97 bits per heavy atom. The lowest BCUT2D eigenvalue weighted by molar-refractivity contribution is -0.274. The molecule has 1 aliphatic heterocycles. The summed E-state index contributed by atoms with van der Waals surface area (Å²) in [5.74, 6) is -0.774. The molecule has 11 heteroatoms. The predicted molar refractivity (Wildman–Crippen MR) is 97.1 cm³/mol. The standard InChI is InChI=1S/C18H13ClF3N5O2/c1-9-16-11(10-4-2-3-5-12(10)29-18(20,21)22)8-15(28)23-17(16)27(26-9)14-7-6-13(19)24-25-14/h2-7,11H,8H2,1H3,(H,23,28)/t11-/m0/s1. The highest BCUT2D eigenvalue weighted by molar-refractivity contribution is 6.29. The van der Waals surface area contributed by atoms with Crippen LogP contribution in [0, 0.1) is 6.92 Å². The van der Waals surface area contributed by atoms with E-state index in [1.165, 1.54) is 28.9 Å². The topological polar surface area (TPSA) is 81.9 Å². The van der Waals surface area contributed by atoms with Crippen LogP contribution in [0.3, 0.4) is 0 Å². The number of benzene rings is 1. The van der Waals surface area contributed by atoms with Gasteiger partial charge in [0.1, 0.15) is 11.6 Å². The van der Waals surface area contributed by atoms with Gasteiger partial charge in [0.15, 0.2) is 11.0 Å². The Labute approximate surface area is 167 Å². The minimum atomic E-state index is -4.85. The Balaban J connectivity index is 1.85. The normalized spacial score (nSPS) is 16.3. The van der Waals surface area contributed by atoms with Gasteiger partial charge in [-0.3, -0.25) is 4.79 Å². The van der Waals surface area contributed by atoms with Crippen LogP contribution in [0.2, 0.25) is 5.15 Å². The van der Waals surface area contributed by atoms with Crippen molar-refractivity contribution >= 4 is 23.3 Å². The van der Waals surface area contributed by atoms with Crippen LogP contribution in [0.15, 0.2) is 36.4 Å². The van der Waals surface area contributed by atoms with E-state index in [9.17, 15) is 18.0 Å². The van der Waals surface area contributed by atoms with Crippen molar-refractivity contribution in [2.24, 2.45) is 0 Å². The molecule has 7 nitrogen and oxygen atoms in total. The maximum absolute atomic E-state index is 12.9. The number of carbonyl (C=O) groups is 1. The molecule has 0 radical (unpaired) electrons. The van der Waals surface area contributed by atoms with Crippen LogP contribution in [-0.4, -0.2) is 32.2 Å². The van der Waals surface area contributed by atoms with Crippen LogP contribution < -0.4 is 10.1 Å². The van der Waals surface area contributed by atoms with E-state index in [4.69, 9.17) is 11.6 Å². The van der Waals surface area contributed by atoms with Gasteiger partial charge in [0, 0.05) is 23.5 Å². The molecule has 0 bridgehead atoms. The van der Waals surface area contributed by atoms with Crippen molar-refractivity contribution in [3.63, 3.8) is 0 Å². The van der Waals surface area contributed by atoms with Crippen LogP contribution in [0.1, 0.15) is 29.2 Å². The van der Waals surface area contributed by atoms with Gasteiger partial charge in [-0.25, -0.2) is 0 Å². The van der Waals surface area contributed by atoms with Crippen LogP contribution >= 0.6 is 11.6 Å².